The summed E-state index contributed by atoms with van der Waals surface area (Å²) in [5.41, 5.74) is 1.10. The molecule has 0 N–H and O–H groups in total. The van der Waals surface area contributed by atoms with Crippen LogP contribution in [0.5, 0.6) is 0 Å². The second-order valence-corrected chi connectivity index (χ2v) is 9.57. The average molecular weight is 480 g/mol. The molecule has 4 rings (SSSR count). The van der Waals surface area contributed by atoms with Crippen LogP contribution in [-0.4, -0.2) is 48.6 Å². The topological polar surface area (TPSA) is 45.7 Å². The summed E-state index contributed by atoms with van der Waals surface area (Å²) in [6.45, 7) is 7.89. The van der Waals surface area contributed by atoms with Crippen molar-refractivity contribution in [3.63, 3.8) is 0 Å². The molecule has 1 saturated heterocycles. The maximum Gasteiger partial charge on any atom is 0.264 e. The van der Waals surface area contributed by atoms with Gasteiger partial charge in [-0.25, -0.2) is 4.98 Å². The van der Waals surface area contributed by atoms with Crippen molar-refractivity contribution in [3.05, 3.63) is 45.2 Å². The van der Waals surface area contributed by atoms with Crippen LogP contribution in [0.1, 0.15) is 35.2 Å². The second kappa shape index (κ2) is 8.49. The molecule has 0 saturated carbocycles. The van der Waals surface area contributed by atoms with Crippen molar-refractivity contribution in [1.29, 1.82) is 0 Å². The number of nitrogens with zero attached hydrogens (tertiary/aromatic N) is 3. The first-order chi connectivity index (χ1) is 13.6. The quantitative estimate of drug-likeness (QED) is 0.505. The van der Waals surface area contributed by atoms with E-state index in [2.05, 4.69) is 34.7 Å². The Morgan fingerprint density at radius 1 is 1.29 bits per heavy atom. The lowest BCUT2D eigenvalue weighted by atomic mass is 10.1. The molecule has 3 heterocycles. The Kier molecular flexibility index (Phi) is 6.01. The molecular formula is C20H22BrN3O2S2. The van der Waals surface area contributed by atoms with Gasteiger partial charge < -0.3 is 14.5 Å². The van der Waals surface area contributed by atoms with Gasteiger partial charge in [0, 0.05) is 24.1 Å². The molecule has 3 aromatic rings. The number of benzene rings is 1. The SMILES string of the molecule is CCN(CC)c1nc2sc(C(=O)N3CCOC(c4ccc(Br)cc4)C3)cc2s1. The Labute approximate surface area is 181 Å². The zero-order valence-electron chi connectivity index (χ0n) is 15.9. The van der Waals surface area contributed by atoms with E-state index < -0.39 is 0 Å². The number of thiazole rings is 1. The first kappa shape index (κ1) is 19.8. The molecule has 1 amide bonds. The zero-order valence-corrected chi connectivity index (χ0v) is 19.1. The summed E-state index contributed by atoms with van der Waals surface area (Å²) in [5, 5.41) is 1.03. The van der Waals surface area contributed by atoms with Gasteiger partial charge in [0.25, 0.3) is 5.91 Å². The van der Waals surface area contributed by atoms with Crippen molar-refractivity contribution in [1.82, 2.24) is 9.88 Å². The zero-order chi connectivity index (χ0) is 19.7. The van der Waals surface area contributed by atoms with Gasteiger partial charge in [0.1, 0.15) is 10.9 Å². The van der Waals surface area contributed by atoms with E-state index in [1.807, 2.05) is 35.2 Å². The predicted octanol–water partition coefficient (Wildman–Crippen LogP) is 5.18. The third-order valence-corrected chi connectivity index (χ3v) is 7.66. The first-order valence-electron chi connectivity index (χ1n) is 9.40. The highest BCUT2D eigenvalue weighted by atomic mass is 79.9. The highest BCUT2D eigenvalue weighted by Gasteiger charge is 2.27. The highest BCUT2D eigenvalue weighted by Crippen LogP contribution is 2.35. The number of carbonyl (C=O) groups excluding carboxylic acids is 1. The van der Waals surface area contributed by atoms with Gasteiger partial charge in [-0.1, -0.05) is 39.4 Å². The molecule has 5 nitrogen and oxygen atoms in total. The summed E-state index contributed by atoms with van der Waals surface area (Å²) >= 11 is 6.61. The number of morpholine rings is 1. The molecule has 0 spiro atoms. The number of hydrogen-bond acceptors (Lipinski definition) is 6. The van der Waals surface area contributed by atoms with Crippen molar-refractivity contribution in [2.24, 2.45) is 0 Å². The standard InChI is InChI=1S/C20H22BrN3O2S2/c1-3-23(4-2)20-22-18-16(28-20)11-17(27-18)19(25)24-9-10-26-15(12-24)13-5-7-14(21)8-6-13/h5-8,11,15H,3-4,9-10,12H2,1-2H3. The van der Waals surface area contributed by atoms with Gasteiger partial charge in [0.05, 0.1) is 22.7 Å². The number of amides is 1. The molecular weight excluding hydrogens is 458 g/mol. The minimum Gasteiger partial charge on any atom is -0.370 e. The van der Waals surface area contributed by atoms with Crippen LogP contribution >= 0.6 is 38.6 Å². The van der Waals surface area contributed by atoms with Crippen LogP contribution in [0.2, 0.25) is 0 Å². The molecule has 1 atom stereocenters. The minimum atomic E-state index is -0.0840. The normalized spacial score (nSPS) is 17.2. The maximum absolute atomic E-state index is 13.1. The number of ether oxygens (including phenoxy) is 1. The van der Waals surface area contributed by atoms with Crippen LogP contribution < -0.4 is 4.90 Å². The molecule has 2 aromatic heterocycles. The number of aromatic nitrogens is 1. The second-order valence-electron chi connectivity index (χ2n) is 6.61. The van der Waals surface area contributed by atoms with Crippen molar-refractivity contribution in [2.75, 3.05) is 37.7 Å². The molecule has 8 heteroatoms. The van der Waals surface area contributed by atoms with Gasteiger partial charge in [-0.05, 0) is 37.6 Å². The molecule has 148 valence electrons. The third-order valence-electron chi connectivity index (χ3n) is 4.92. The number of fused-ring (bicyclic) bond motifs is 1. The van der Waals surface area contributed by atoms with Gasteiger partial charge in [-0.3, -0.25) is 4.79 Å². The van der Waals surface area contributed by atoms with Crippen molar-refractivity contribution >= 4 is 59.2 Å². The molecule has 0 radical (unpaired) electrons. The number of thiophene rings is 1. The van der Waals surface area contributed by atoms with Gasteiger partial charge in [-0.2, -0.15) is 0 Å². The largest absolute Gasteiger partial charge is 0.370 e. The summed E-state index contributed by atoms with van der Waals surface area (Å²) < 4.78 is 8.04. The molecule has 1 aliphatic rings. The third kappa shape index (κ3) is 3.96. The Morgan fingerprint density at radius 3 is 2.71 bits per heavy atom. The Balaban J connectivity index is 1.50. The van der Waals surface area contributed by atoms with Gasteiger partial charge in [0.15, 0.2) is 5.13 Å². The van der Waals surface area contributed by atoms with Gasteiger partial charge in [-0.15, -0.1) is 11.3 Å². The van der Waals surface area contributed by atoms with Gasteiger partial charge >= 0.3 is 0 Å². The predicted molar refractivity (Wildman–Crippen MR) is 120 cm³/mol. The van der Waals surface area contributed by atoms with Crippen molar-refractivity contribution < 1.29 is 9.53 Å². The molecule has 0 bridgehead atoms. The molecule has 28 heavy (non-hydrogen) atoms. The number of halogens is 1. The van der Waals surface area contributed by atoms with E-state index in [1.165, 1.54) is 11.3 Å². The highest BCUT2D eigenvalue weighted by molar-refractivity contribution is 9.10. The van der Waals surface area contributed by atoms with Crippen LogP contribution in [0, 0.1) is 0 Å². The fourth-order valence-electron chi connectivity index (χ4n) is 3.33. The Morgan fingerprint density at radius 2 is 2.04 bits per heavy atom. The summed E-state index contributed by atoms with van der Waals surface area (Å²) in [6, 6.07) is 10.1. The first-order valence-corrected chi connectivity index (χ1v) is 11.8. The molecule has 1 aliphatic heterocycles. The summed E-state index contributed by atoms with van der Waals surface area (Å²) in [4.78, 5) is 23.7. The lowest BCUT2D eigenvalue weighted by molar-refractivity contribution is -0.0226. The van der Waals surface area contributed by atoms with Crippen LogP contribution in [0.4, 0.5) is 5.13 Å². The van der Waals surface area contributed by atoms with Crippen LogP contribution in [0.3, 0.4) is 0 Å². The van der Waals surface area contributed by atoms with E-state index in [4.69, 9.17) is 9.72 Å². The Bertz CT molecular complexity index is 934. The summed E-state index contributed by atoms with van der Waals surface area (Å²) in [6.07, 6.45) is -0.0840. The maximum atomic E-state index is 13.1. The average Bonchev–Trinajstić information content (AvgIpc) is 3.28. The fourth-order valence-corrected chi connectivity index (χ4v) is 5.90. The number of carbonyl (C=O) groups is 1. The van der Waals surface area contributed by atoms with Crippen LogP contribution in [-0.2, 0) is 4.74 Å². The summed E-state index contributed by atoms with van der Waals surface area (Å²) in [7, 11) is 0. The molecule has 1 unspecified atom stereocenters. The van der Waals surface area contributed by atoms with Crippen LogP contribution in [0.25, 0.3) is 9.53 Å². The van der Waals surface area contributed by atoms with E-state index in [0.29, 0.717) is 19.7 Å². The van der Waals surface area contributed by atoms with Crippen LogP contribution in [0.15, 0.2) is 34.8 Å². The monoisotopic (exact) mass is 479 g/mol. The molecule has 1 aromatic carbocycles. The lowest BCUT2D eigenvalue weighted by Gasteiger charge is -2.33. The van der Waals surface area contributed by atoms with E-state index in [9.17, 15) is 4.79 Å². The van der Waals surface area contributed by atoms with Crippen molar-refractivity contribution in [3.8, 4) is 0 Å². The smallest absolute Gasteiger partial charge is 0.264 e. The lowest BCUT2D eigenvalue weighted by Crippen LogP contribution is -2.42. The number of anilines is 1. The van der Waals surface area contributed by atoms with E-state index in [1.54, 1.807) is 11.3 Å². The van der Waals surface area contributed by atoms with E-state index in [0.717, 1.165) is 42.7 Å². The van der Waals surface area contributed by atoms with E-state index >= 15 is 0 Å². The van der Waals surface area contributed by atoms with Crippen molar-refractivity contribution in [2.45, 2.75) is 20.0 Å². The van der Waals surface area contributed by atoms with E-state index in [-0.39, 0.29) is 12.0 Å². The molecule has 0 aliphatic carbocycles. The number of hydrogen-bond donors (Lipinski definition) is 0. The minimum absolute atomic E-state index is 0.0741. The molecule has 1 fully saturated rings. The summed E-state index contributed by atoms with van der Waals surface area (Å²) in [5.74, 6) is 0.0741. The van der Waals surface area contributed by atoms with Gasteiger partial charge in [0.2, 0.25) is 0 Å². The number of rotatable bonds is 5. The fraction of sp³-hybridized carbons (Fsp3) is 0.400. The Hall–Kier alpha value is -1.48.